The van der Waals surface area contributed by atoms with Gasteiger partial charge in [0.25, 0.3) is 0 Å². The maximum absolute atomic E-state index is 13.6. The average Bonchev–Trinajstić information content (AvgIpc) is 2.86. The fraction of sp³-hybridized carbons (Fsp3) is 0.483. The lowest BCUT2D eigenvalue weighted by atomic mass is 9.68. The number of piperidine rings is 1. The average molecular weight is 445 g/mol. The summed E-state index contributed by atoms with van der Waals surface area (Å²) in [5, 5.41) is 3.42. The van der Waals surface area contributed by atoms with Gasteiger partial charge in [0.05, 0.1) is 11.5 Å². The maximum Gasteiger partial charge on any atom is 0.226 e. The highest BCUT2D eigenvalue weighted by molar-refractivity contribution is 5.83. The van der Waals surface area contributed by atoms with Gasteiger partial charge in [-0.1, -0.05) is 42.2 Å². The largest absolute Gasteiger partial charge is 0.381 e. The molecule has 4 nitrogen and oxygen atoms in total. The summed E-state index contributed by atoms with van der Waals surface area (Å²) >= 11 is 0. The zero-order chi connectivity index (χ0) is 23.1. The van der Waals surface area contributed by atoms with Crippen LogP contribution in [0.15, 0.2) is 54.6 Å². The molecule has 1 N–H and O–H groups in total. The van der Waals surface area contributed by atoms with Gasteiger partial charge in [-0.3, -0.25) is 4.79 Å². The predicted octanol–water partition coefficient (Wildman–Crippen LogP) is 4.41. The third-order valence-corrected chi connectivity index (χ3v) is 7.38. The zero-order valence-electron chi connectivity index (χ0n) is 20.0. The molecular weight excluding hydrogens is 408 g/mol. The Morgan fingerprint density at radius 1 is 0.970 bits per heavy atom. The Labute approximate surface area is 198 Å². The lowest BCUT2D eigenvalue weighted by Crippen LogP contribution is -2.51. The molecule has 1 aliphatic heterocycles. The zero-order valence-corrected chi connectivity index (χ0v) is 20.0. The van der Waals surface area contributed by atoms with Crippen LogP contribution in [0, 0.1) is 17.3 Å². The van der Waals surface area contributed by atoms with Gasteiger partial charge in [-0.2, -0.15) is 0 Å². The van der Waals surface area contributed by atoms with Gasteiger partial charge in [0.2, 0.25) is 5.91 Å². The molecule has 4 heteroatoms. The standard InChI is InChI=1S/C29H36N2O2/c1-31-20-16-26(17-21-31)30-28(32)29(18-14-27(33-2)15-19-29)22-25-12-10-24(11-13-25)9-8-23-6-4-3-5-7-23/h3-7,10-13,26-27H,14-22H2,1-2H3,(H,30,32). The molecule has 1 aliphatic carbocycles. The first kappa shape index (κ1) is 23.5. The number of rotatable bonds is 5. The van der Waals surface area contributed by atoms with E-state index in [0.29, 0.717) is 6.04 Å². The topological polar surface area (TPSA) is 41.6 Å². The molecule has 2 aromatic rings. The molecular formula is C29H36N2O2. The monoisotopic (exact) mass is 444 g/mol. The second-order valence-electron chi connectivity index (χ2n) is 9.76. The summed E-state index contributed by atoms with van der Waals surface area (Å²) in [7, 11) is 3.94. The van der Waals surface area contributed by atoms with Crippen LogP contribution in [0.2, 0.25) is 0 Å². The molecule has 0 atom stereocenters. The molecule has 1 saturated heterocycles. The third kappa shape index (κ3) is 6.25. The van der Waals surface area contributed by atoms with E-state index in [9.17, 15) is 4.79 Å². The van der Waals surface area contributed by atoms with Crippen molar-refractivity contribution >= 4 is 5.91 Å². The van der Waals surface area contributed by atoms with E-state index in [1.165, 1.54) is 5.56 Å². The number of amides is 1. The highest BCUT2D eigenvalue weighted by Crippen LogP contribution is 2.41. The first-order chi connectivity index (χ1) is 16.1. The van der Waals surface area contributed by atoms with Crippen molar-refractivity contribution in [2.75, 3.05) is 27.2 Å². The van der Waals surface area contributed by atoms with Crippen molar-refractivity contribution in [1.29, 1.82) is 0 Å². The number of hydrogen-bond acceptors (Lipinski definition) is 3. The van der Waals surface area contributed by atoms with Crippen LogP contribution in [-0.2, 0) is 16.0 Å². The van der Waals surface area contributed by atoms with Crippen LogP contribution in [0.5, 0.6) is 0 Å². The summed E-state index contributed by atoms with van der Waals surface area (Å²) < 4.78 is 5.60. The summed E-state index contributed by atoms with van der Waals surface area (Å²) in [5.41, 5.74) is 2.86. The van der Waals surface area contributed by atoms with E-state index in [-0.39, 0.29) is 17.4 Å². The van der Waals surface area contributed by atoms with Crippen molar-refractivity contribution in [3.8, 4) is 11.8 Å². The number of nitrogens with zero attached hydrogens (tertiary/aromatic N) is 1. The number of carbonyl (C=O) groups excluding carboxylic acids is 1. The smallest absolute Gasteiger partial charge is 0.226 e. The molecule has 2 aliphatic rings. The summed E-state index contributed by atoms with van der Waals surface area (Å²) in [6.07, 6.45) is 6.75. The van der Waals surface area contributed by atoms with Crippen molar-refractivity contribution < 1.29 is 9.53 Å². The second-order valence-corrected chi connectivity index (χ2v) is 9.76. The molecule has 2 fully saturated rings. The van der Waals surface area contributed by atoms with Crippen LogP contribution >= 0.6 is 0 Å². The van der Waals surface area contributed by atoms with Crippen molar-refractivity contribution in [3.63, 3.8) is 0 Å². The Morgan fingerprint density at radius 2 is 1.58 bits per heavy atom. The minimum Gasteiger partial charge on any atom is -0.381 e. The Morgan fingerprint density at radius 3 is 2.18 bits per heavy atom. The van der Waals surface area contributed by atoms with E-state index < -0.39 is 0 Å². The maximum atomic E-state index is 13.6. The van der Waals surface area contributed by atoms with Gasteiger partial charge in [0.15, 0.2) is 0 Å². The number of ether oxygens (including phenoxy) is 1. The van der Waals surface area contributed by atoms with E-state index in [4.69, 9.17) is 4.74 Å². The lowest BCUT2D eigenvalue weighted by Gasteiger charge is -2.40. The van der Waals surface area contributed by atoms with Crippen LogP contribution < -0.4 is 5.32 Å². The van der Waals surface area contributed by atoms with E-state index in [1.54, 1.807) is 7.11 Å². The normalized spacial score (nSPS) is 24.0. The van der Waals surface area contributed by atoms with Crippen LogP contribution in [0.25, 0.3) is 0 Å². The van der Waals surface area contributed by atoms with Gasteiger partial charge in [0, 0.05) is 24.3 Å². The predicted molar refractivity (Wildman–Crippen MR) is 133 cm³/mol. The number of hydrogen-bond donors (Lipinski definition) is 1. The van der Waals surface area contributed by atoms with Crippen LogP contribution in [0.3, 0.4) is 0 Å². The fourth-order valence-corrected chi connectivity index (χ4v) is 5.12. The van der Waals surface area contributed by atoms with Crippen molar-refractivity contribution in [3.05, 3.63) is 71.3 Å². The molecule has 0 bridgehead atoms. The molecule has 4 rings (SSSR count). The van der Waals surface area contributed by atoms with Crippen molar-refractivity contribution in [1.82, 2.24) is 10.2 Å². The first-order valence-corrected chi connectivity index (χ1v) is 12.2. The van der Waals surface area contributed by atoms with Crippen LogP contribution in [0.4, 0.5) is 0 Å². The van der Waals surface area contributed by atoms with E-state index in [1.807, 2.05) is 30.3 Å². The molecule has 0 aromatic heterocycles. The van der Waals surface area contributed by atoms with Crippen LogP contribution in [0.1, 0.15) is 55.2 Å². The minimum atomic E-state index is -0.352. The van der Waals surface area contributed by atoms with Gasteiger partial charge in [-0.15, -0.1) is 0 Å². The van der Waals surface area contributed by atoms with Gasteiger partial charge < -0.3 is 15.0 Å². The van der Waals surface area contributed by atoms with Crippen molar-refractivity contribution in [2.24, 2.45) is 5.41 Å². The molecule has 1 amide bonds. The summed E-state index contributed by atoms with van der Waals surface area (Å²) in [6.45, 7) is 2.10. The minimum absolute atomic E-state index is 0.236. The molecule has 174 valence electrons. The third-order valence-electron chi connectivity index (χ3n) is 7.38. The SMILES string of the molecule is COC1CCC(Cc2ccc(C#Cc3ccccc3)cc2)(C(=O)NC2CCN(C)CC2)CC1. The van der Waals surface area contributed by atoms with Gasteiger partial charge >= 0.3 is 0 Å². The molecule has 0 spiro atoms. The Balaban J connectivity index is 1.46. The van der Waals surface area contributed by atoms with Gasteiger partial charge in [-0.05, 0) is 94.9 Å². The molecule has 1 saturated carbocycles. The van der Waals surface area contributed by atoms with Gasteiger partial charge in [-0.25, -0.2) is 0 Å². The Bertz CT molecular complexity index is 958. The number of likely N-dealkylation sites (tertiary alicyclic amines) is 1. The Hall–Kier alpha value is -2.61. The number of carbonyl (C=O) groups is 1. The number of methoxy groups -OCH3 is 1. The van der Waals surface area contributed by atoms with E-state index >= 15 is 0 Å². The number of benzene rings is 2. The highest BCUT2D eigenvalue weighted by Gasteiger charge is 2.42. The summed E-state index contributed by atoms with van der Waals surface area (Å²) in [5.74, 6) is 6.70. The first-order valence-electron chi connectivity index (χ1n) is 12.2. The molecule has 0 unspecified atom stereocenters. The van der Waals surface area contributed by atoms with Crippen LogP contribution in [-0.4, -0.2) is 50.2 Å². The van der Waals surface area contributed by atoms with E-state index in [0.717, 1.165) is 69.2 Å². The quantitative estimate of drug-likeness (QED) is 0.695. The lowest BCUT2D eigenvalue weighted by molar-refractivity contribution is -0.135. The summed E-state index contributed by atoms with van der Waals surface area (Å²) in [6, 6.07) is 18.8. The Kier molecular flexibility index (Phi) is 7.85. The fourth-order valence-electron chi connectivity index (χ4n) is 5.12. The van der Waals surface area contributed by atoms with Gasteiger partial charge in [0.1, 0.15) is 0 Å². The number of nitrogens with one attached hydrogen (secondary N) is 1. The highest BCUT2D eigenvalue weighted by atomic mass is 16.5. The molecule has 33 heavy (non-hydrogen) atoms. The van der Waals surface area contributed by atoms with E-state index in [2.05, 4.69) is 53.4 Å². The molecule has 0 radical (unpaired) electrons. The molecule has 2 aromatic carbocycles. The molecule has 1 heterocycles. The second kappa shape index (κ2) is 11.0. The summed E-state index contributed by atoms with van der Waals surface area (Å²) in [4.78, 5) is 15.9. The van der Waals surface area contributed by atoms with Crippen molar-refractivity contribution in [2.45, 2.75) is 57.1 Å².